The van der Waals surface area contributed by atoms with Crippen molar-refractivity contribution in [2.45, 2.75) is 0 Å². The molecule has 11 aromatic rings. The molecule has 0 atom stereocenters. The fourth-order valence-corrected chi connectivity index (χ4v) is 14.2. The van der Waals surface area contributed by atoms with E-state index < -0.39 is 8.07 Å². The van der Waals surface area contributed by atoms with E-state index in [2.05, 4.69) is 240 Å². The standard InChI is InChI=1S/C54H38N2Si/c1-6-19-39(20-7-1)46-30-18-32-53-54(46)49-37-41(33-35-52(49)55(53)40-21-8-2-9-22-40)56-50-31-17-16-29-47(50)48-38-45(34-36-51(48)56)57(42-23-10-3-11-24-42,43-25-12-4-13-26-43)44-27-14-5-15-28-44/h1-38H. The topological polar surface area (TPSA) is 9.86 Å². The van der Waals surface area contributed by atoms with Gasteiger partial charge in [0, 0.05) is 32.9 Å². The van der Waals surface area contributed by atoms with Crippen LogP contribution in [-0.2, 0) is 0 Å². The van der Waals surface area contributed by atoms with E-state index >= 15 is 0 Å². The Morgan fingerprint density at radius 2 is 0.772 bits per heavy atom. The monoisotopic (exact) mass is 742 g/mol. The van der Waals surface area contributed by atoms with Crippen molar-refractivity contribution in [1.82, 2.24) is 9.13 Å². The predicted molar refractivity (Wildman–Crippen MR) is 244 cm³/mol. The molecule has 2 heterocycles. The lowest BCUT2D eigenvalue weighted by Gasteiger charge is -2.34. The number of nitrogens with zero attached hydrogens (tertiary/aromatic N) is 2. The third-order valence-corrected chi connectivity index (χ3v) is 16.6. The van der Waals surface area contributed by atoms with Crippen molar-refractivity contribution >= 4 is 72.4 Å². The normalized spacial score (nSPS) is 11.9. The van der Waals surface area contributed by atoms with Crippen molar-refractivity contribution in [3.05, 3.63) is 231 Å². The van der Waals surface area contributed by atoms with Crippen LogP contribution in [-0.4, -0.2) is 17.2 Å². The highest BCUT2D eigenvalue weighted by molar-refractivity contribution is 7.20. The molecule has 3 heteroatoms. The van der Waals surface area contributed by atoms with Gasteiger partial charge in [-0.1, -0.05) is 182 Å². The SMILES string of the molecule is c1ccc(-c2cccc3c2c2cc(-n4c5ccccc5c5cc([Si](c6ccccc6)(c6ccccc6)c6ccccc6)ccc54)ccc2n3-c2ccccc2)cc1. The first-order chi connectivity index (χ1) is 28.3. The van der Waals surface area contributed by atoms with Crippen LogP contribution < -0.4 is 20.7 Å². The van der Waals surface area contributed by atoms with Crippen LogP contribution in [0.5, 0.6) is 0 Å². The lowest BCUT2D eigenvalue weighted by molar-refractivity contribution is 1.17. The maximum absolute atomic E-state index is 2.72. The first kappa shape index (κ1) is 33.2. The number of benzene rings is 9. The first-order valence-corrected chi connectivity index (χ1v) is 21.7. The van der Waals surface area contributed by atoms with Gasteiger partial charge in [0.2, 0.25) is 0 Å². The van der Waals surface area contributed by atoms with Crippen molar-refractivity contribution in [3.8, 4) is 22.5 Å². The number of aromatic nitrogens is 2. The van der Waals surface area contributed by atoms with Crippen LogP contribution in [0.15, 0.2) is 231 Å². The largest absolute Gasteiger partial charge is 0.309 e. The van der Waals surface area contributed by atoms with Crippen LogP contribution >= 0.6 is 0 Å². The summed E-state index contributed by atoms with van der Waals surface area (Å²) in [4.78, 5) is 0. The Bertz CT molecular complexity index is 3110. The van der Waals surface area contributed by atoms with Crippen LogP contribution in [0.4, 0.5) is 0 Å². The number of para-hydroxylation sites is 2. The Morgan fingerprint density at radius 3 is 1.42 bits per heavy atom. The van der Waals surface area contributed by atoms with E-state index in [-0.39, 0.29) is 0 Å². The molecule has 0 amide bonds. The van der Waals surface area contributed by atoms with Gasteiger partial charge in [-0.25, -0.2) is 0 Å². The van der Waals surface area contributed by atoms with Crippen molar-refractivity contribution in [3.63, 3.8) is 0 Å². The summed E-state index contributed by atoms with van der Waals surface area (Å²) >= 11 is 0. The highest BCUT2D eigenvalue weighted by Crippen LogP contribution is 2.40. The molecular formula is C54H38N2Si. The molecule has 0 aliphatic carbocycles. The van der Waals surface area contributed by atoms with Crippen molar-refractivity contribution in [2.24, 2.45) is 0 Å². The van der Waals surface area contributed by atoms with E-state index in [1.807, 2.05) is 0 Å². The summed E-state index contributed by atoms with van der Waals surface area (Å²) in [5.41, 5.74) is 9.55. The van der Waals surface area contributed by atoms with Crippen LogP contribution in [0, 0.1) is 0 Å². The second-order valence-electron chi connectivity index (χ2n) is 14.9. The minimum absolute atomic E-state index is 1.15. The molecule has 268 valence electrons. The summed E-state index contributed by atoms with van der Waals surface area (Å²) in [7, 11) is -2.72. The molecule has 9 aromatic carbocycles. The summed E-state index contributed by atoms with van der Waals surface area (Å²) in [5, 5.41) is 10.5. The lowest BCUT2D eigenvalue weighted by Crippen LogP contribution is -2.74. The van der Waals surface area contributed by atoms with Gasteiger partial charge in [0.05, 0.1) is 22.1 Å². The molecule has 0 aliphatic rings. The lowest BCUT2D eigenvalue weighted by atomic mass is 9.99. The average Bonchev–Trinajstić information content (AvgIpc) is 3.81. The van der Waals surface area contributed by atoms with Gasteiger partial charge in [0.25, 0.3) is 0 Å². The second-order valence-corrected chi connectivity index (χ2v) is 18.7. The quantitative estimate of drug-likeness (QED) is 0.114. The fourth-order valence-electron chi connectivity index (χ4n) is 9.46. The van der Waals surface area contributed by atoms with Crippen LogP contribution in [0.1, 0.15) is 0 Å². The van der Waals surface area contributed by atoms with Gasteiger partial charge in [0.1, 0.15) is 0 Å². The third kappa shape index (κ3) is 5.17. The van der Waals surface area contributed by atoms with Crippen molar-refractivity contribution in [2.75, 3.05) is 0 Å². The van der Waals surface area contributed by atoms with Gasteiger partial charge in [-0.2, -0.15) is 0 Å². The zero-order chi connectivity index (χ0) is 37.8. The van der Waals surface area contributed by atoms with E-state index in [9.17, 15) is 0 Å². The molecule has 0 aliphatic heterocycles. The summed E-state index contributed by atoms with van der Waals surface area (Å²) < 4.78 is 4.89. The average molecular weight is 743 g/mol. The van der Waals surface area contributed by atoms with Crippen LogP contribution in [0.25, 0.3) is 66.1 Å². The zero-order valence-electron chi connectivity index (χ0n) is 31.3. The van der Waals surface area contributed by atoms with E-state index in [0.29, 0.717) is 0 Å². The van der Waals surface area contributed by atoms with Gasteiger partial charge in [-0.05, 0) is 80.4 Å². The van der Waals surface area contributed by atoms with E-state index in [4.69, 9.17) is 0 Å². The van der Waals surface area contributed by atoms with Gasteiger partial charge in [0.15, 0.2) is 8.07 Å². The molecule has 0 unspecified atom stereocenters. The number of hydrogen-bond acceptors (Lipinski definition) is 0. The molecule has 0 fully saturated rings. The summed E-state index contributed by atoms with van der Waals surface area (Å²) in [5.74, 6) is 0. The Labute approximate surface area is 333 Å². The Kier molecular flexibility index (Phi) is 7.87. The molecule has 0 saturated carbocycles. The molecule has 2 nitrogen and oxygen atoms in total. The van der Waals surface area contributed by atoms with Crippen LogP contribution in [0.2, 0.25) is 0 Å². The van der Waals surface area contributed by atoms with Gasteiger partial charge in [-0.3, -0.25) is 0 Å². The summed E-state index contributed by atoms with van der Waals surface area (Å²) in [6.45, 7) is 0. The molecule has 0 radical (unpaired) electrons. The molecule has 2 aromatic heterocycles. The number of hydrogen-bond donors (Lipinski definition) is 0. The Hall–Kier alpha value is -7.20. The second kappa shape index (κ2) is 13.5. The Morgan fingerprint density at radius 1 is 0.281 bits per heavy atom. The smallest absolute Gasteiger partial charge is 0.179 e. The molecule has 0 saturated heterocycles. The highest BCUT2D eigenvalue weighted by Gasteiger charge is 2.41. The van der Waals surface area contributed by atoms with Gasteiger partial charge >= 0.3 is 0 Å². The molecule has 0 bridgehead atoms. The minimum atomic E-state index is -2.72. The highest BCUT2D eigenvalue weighted by atomic mass is 28.3. The van der Waals surface area contributed by atoms with Gasteiger partial charge < -0.3 is 9.13 Å². The molecular weight excluding hydrogens is 705 g/mol. The van der Waals surface area contributed by atoms with Crippen molar-refractivity contribution < 1.29 is 0 Å². The molecule has 11 rings (SSSR count). The number of fused-ring (bicyclic) bond motifs is 6. The molecule has 0 spiro atoms. The summed E-state index contributed by atoms with van der Waals surface area (Å²) in [6.07, 6.45) is 0. The van der Waals surface area contributed by atoms with E-state index in [0.717, 1.165) is 11.4 Å². The Balaban J connectivity index is 1.20. The minimum Gasteiger partial charge on any atom is -0.309 e. The van der Waals surface area contributed by atoms with Crippen LogP contribution in [0.3, 0.4) is 0 Å². The van der Waals surface area contributed by atoms with Gasteiger partial charge in [-0.15, -0.1) is 0 Å². The fraction of sp³-hybridized carbons (Fsp3) is 0. The maximum atomic E-state index is 2.51. The van der Waals surface area contributed by atoms with E-state index in [1.54, 1.807) is 0 Å². The zero-order valence-corrected chi connectivity index (χ0v) is 32.3. The molecule has 0 N–H and O–H groups in total. The number of rotatable bonds is 7. The maximum Gasteiger partial charge on any atom is 0.179 e. The van der Waals surface area contributed by atoms with E-state index in [1.165, 1.54) is 75.5 Å². The summed E-state index contributed by atoms with van der Waals surface area (Å²) in [6, 6.07) is 85.1. The predicted octanol–water partition coefficient (Wildman–Crippen LogP) is 10.9. The molecule has 57 heavy (non-hydrogen) atoms. The third-order valence-electron chi connectivity index (χ3n) is 11.9. The first-order valence-electron chi connectivity index (χ1n) is 19.7. The van der Waals surface area contributed by atoms with Crippen molar-refractivity contribution in [1.29, 1.82) is 0 Å².